The SMILES string of the molecule is OC1(c2ccc(C(F)(F)F)cc2)CC2CCC1C2. The first-order chi connectivity index (χ1) is 8.39. The van der Waals surface area contributed by atoms with Gasteiger partial charge in [0.1, 0.15) is 0 Å². The molecule has 0 heterocycles. The van der Waals surface area contributed by atoms with Crippen LogP contribution in [0.4, 0.5) is 13.2 Å². The van der Waals surface area contributed by atoms with E-state index in [-0.39, 0.29) is 5.92 Å². The molecule has 0 aliphatic heterocycles. The topological polar surface area (TPSA) is 20.2 Å². The Morgan fingerprint density at radius 3 is 2.22 bits per heavy atom. The number of alkyl halides is 3. The fraction of sp³-hybridized carbons (Fsp3) is 0.571. The molecule has 3 atom stereocenters. The zero-order chi connectivity index (χ0) is 13.0. The Labute approximate surface area is 104 Å². The lowest BCUT2D eigenvalue weighted by Gasteiger charge is -2.33. The van der Waals surface area contributed by atoms with Crippen molar-refractivity contribution in [3.05, 3.63) is 35.4 Å². The highest BCUT2D eigenvalue weighted by Gasteiger charge is 2.50. The molecule has 0 radical (unpaired) electrons. The van der Waals surface area contributed by atoms with Gasteiger partial charge in [0, 0.05) is 0 Å². The normalized spacial score (nSPS) is 35.1. The molecule has 18 heavy (non-hydrogen) atoms. The van der Waals surface area contributed by atoms with Crippen LogP contribution in [0.5, 0.6) is 0 Å². The molecule has 1 aromatic rings. The molecule has 4 heteroatoms. The van der Waals surface area contributed by atoms with Crippen LogP contribution < -0.4 is 0 Å². The summed E-state index contributed by atoms with van der Waals surface area (Å²) < 4.78 is 37.4. The molecular weight excluding hydrogens is 241 g/mol. The summed E-state index contributed by atoms with van der Waals surface area (Å²) in [6, 6.07) is 5.01. The molecule has 1 aromatic carbocycles. The van der Waals surface area contributed by atoms with E-state index in [9.17, 15) is 18.3 Å². The van der Waals surface area contributed by atoms with Gasteiger partial charge in [0.2, 0.25) is 0 Å². The Morgan fingerprint density at radius 1 is 1.11 bits per heavy atom. The maximum Gasteiger partial charge on any atom is 0.416 e. The van der Waals surface area contributed by atoms with E-state index in [1.54, 1.807) is 0 Å². The summed E-state index contributed by atoms with van der Waals surface area (Å²) in [5, 5.41) is 10.7. The highest BCUT2D eigenvalue weighted by atomic mass is 19.4. The molecule has 2 bridgehead atoms. The Kier molecular flexibility index (Phi) is 2.49. The monoisotopic (exact) mass is 256 g/mol. The summed E-state index contributed by atoms with van der Waals surface area (Å²) in [6.07, 6.45) is -0.466. The lowest BCUT2D eigenvalue weighted by atomic mass is 9.79. The van der Waals surface area contributed by atoms with Crippen molar-refractivity contribution in [2.75, 3.05) is 0 Å². The Bertz CT molecular complexity index is 451. The third kappa shape index (κ3) is 1.74. The smallest absolute Gasteiger partial charge is 0.385 e. The number of benzene rings is 1. The summed E-state index contributed by atoms with van der Waals surface area (Å²) in [7, 11) is 0. The number of rotatable bonds is 1. The predicted octanol–water partition coefficient (Wildman–Crippen LogP) is 3.71. The lowest BCUT2D eigenvalue weighted by molar-refractivity contribution is -0.137. The molecule has 0 amide bonds. The number of hydrogen-bond donors (Lipinski definition) is 1. The van der Waals surface area contributed by atoms with Gasteiger partial charge in [-0.05, 0) is 55.2 Å². The summed E-state index contributed by atoms with van der Waals surface area (Å²) >= 11 is 0. The van der Waals surface area contributed by atoms with Gasteiger partial charge in [-0.3, -0.25) is 0 Å². The van der Waals surface area contributed by atoms with Crippen molar-refractivity contribution in [3.8, 4) is 0 Å². The zero-order valence-electron chi connectivity index (χ0n) is 9.87. The highest BCUT2D eigenvalue weighted by molar-refractivity contribution is 5.31. The van der Waals surface area contributed by atoms with E-state index in [1.165, 1.54) is 12.1 Å². The van der Waals surface area contributed by atoms with Gasteiger partial charge in [-0.2, -0.15) is 13.2 Å². The summed E-state index contributed by atoms with van der Waals surface area (Å²) in [6.45, 7) is 0. The maximum absolute atomic E-state index is 12.5. The molecule has 1 nitrogen and oxygen atoms in total. The van der Waals surface area contributed by atoms with Gasteiger partial charge in [0.15, 0.2) is 0 Å². The van der Waals surface area contributed by atoms with Crippen molar-refractivity contribution in [2.45, 2.75) is 37.5 Å². The number of aliphatic hydroxyl groups is 1. The van der Waals surface area contributed by atoms with Crippen molar-refractivity contribution in [1.82, 2.24) is 0 Å². The second-order valence-corrected chi connectivity index (χ2v) is 5.58. The van der Waals surface area contributed by atoms with Crippen LogP contribution in [-0.4, -0.2) is 5.11 Å². The van der Waals surface area contributed by atoms with E-state index in [0.29, 0.717) is 17.9 Å². The van der Waals surface area contributed by atoms with Gasteiger partial charge in [0.05, 0.1) is 11.2 Å². The van der Waals surface area contributed by atoms with E-state index in [4.69, 9.17) is 0 Å². The highest BCUT2D eigenvalue weighted by Crippen LogP contribution is 2.55. The van der Waals surface area contributed by atoms with Crippen molar-refractivity contribution in [3.63, 3.8) is 0 Å². The van der Waals surface area contributed by atoms with Crippen LogP contribution in [0, 0.1) is 11.8 Å². The average Bonchev–Trinajstić information content (AvgIpc) is 2.88. The Hall–Kier alpha value is -1.03. The number of fused-ring (bicyclic) bond motifs is 2. The Morgan fingerprint density at radius 2 is 1.78 bits per heavy atom. The first-order valence-electron chi connectivity index (χ1n) is 6.30. The summed E-state index contributed by atoms with van der Waals surface area (Å²) in [5.41, 5.74) is -0.909. The van der Waals surface area contributed by atoms with Gasteiger partial charge in [0.25, 0.3) is 0 Å². The molecule has 1 N–H and O–H groups in total. The second-order valence-electron chi connectivity index (χ2n) is 5.58. The third-order valence-electron chi connectivity index (χ3n) is 4.53. The molecule has 2 aliphatic carbocycles. The lowest BCUT2D eigenvalue weighted by Crippen LogP contribution is -2.32. The van der Waals surface area contributed by atoms with Gasteiger partial charge in [-0.1, -0.05) is 12.1 Å². The van der Waals surface area contributed by atoms with Crippen molar-refractivity contribution in [1.29, 1.82) is 0 Å². The molecule has 0 spiro atoms. The van der Waals surface area contributed by atoms with Gasteiger partial charge in [-0.25, -0.2) is 0 Å². The van der Waals surface area contributed by atoms with E-state index in [1.807, 2.05) is 0 Å². The van der Waals surface area contributed by atoms with Crippen LogP contribution in [0.2, 0.25) is 0 Å². The quantitative estimate of drug-likeness (QED) is 0.812. The molecule has 2 aliphatic rings. The first-order valence-corrected chi connectivity index (χ1v) is 6.30. The predicted molar refractivity (Wildman–Crippen MR) is 60.8 cm³/mol. The molecule has 3 rings (SSSR count). The fourth-order valence-corrected chi connectivity index (χ4v) is 3.60. The minimum atomic E-state index is -4.31. The first kappa shape index (κ1) is 12.0. The van der Waals surface area contributed by atoms with Gasteiger partial charge < -0.3 is 5.11 Å². The number of halogens is 3. The van der Waals surface area contributed by atoms with Crippen molar-refractivity contribution in [2.24, 2.45) is 11.8 Å². The van der Waals surface area contributed by atoms with Gasteiger partial charge in [-0.15, -0.1) is 0 Å². The summed E-state index contributed by atoms with van der Waals surface area (Å²) in [4.78, 5) is 0. The molecular formula is C14H15F3O. The largest absolute Gasteiger partial charge is 0.416 e. The van der Waals surface area contributed by atoms with Crippen LogP contribution in [-0.2, 0) is 11.8 Å². The van der Waals surface area contributed by atoms with Gasteiger partial charge >= 0.3 is 6.18 Å². The summed E-state index contributed by atoms with van der Waals surface area (Å²) in [5.74, 6) is 0.765. The van der Waals surface area contributed by atoms with E-state index >= 15 is 0 Å². The van der Waals surface area contributed by atoms with E-state index < -0.39 is 17.3 Å². The minimum Gasteiger partial charge on any atom is -0.385 e. The fourth-order valence-electron chi connectivity index (χ4n) is 3.60. The van der Waals surface area contributed by atoms with Crippen molar-refractivity contribution >= 4 is 0 Å². The average molecular weight is 256 g/mol. The third-order valence-corrected chi connectivity index (χ3v) is 4.53. The van der Waals surface area contributed by atoms with Crippen LogP contribution >= 0.6 is 0 Å². The minimum absolute atomic E-state index is 0.222. The molecule has 2 saturated carbocycles. The van der Waals surface area contributed by atoms with Crippen LogP contribution in [0.3, 0.4) is 0 Å². The van der Waals surface area contributed by atoms with Crippen LogP contribution in [0.25, 0.3) is 0 Å². The zero-order valence-corrected chi connectivity index (χ0v) is 9.87. The maximum atomic E-state index is 12.5. The second kappa shape index (κ2) is 3.73. The molecule has 98 valence electrons. The van der Waals surface area contributed by atoms with Crippen molar-refractivity contribution < 1.29 is 18.3 Å². The van der Waals surface area contributed by atoms with Crippen LogP contribution in [0.15, 0.2) is 24.3 Å². The molecule has 2 fully saturated rings. The standard InChI is InChI=1S/C14H15F3O/c15-14(16,17)11-5-3-10(4-6-11)13(18)8-9-1-2-12(13)7-9/h3-6,9,12,18H,1-2,7-8H2. The number of hydrogen-bond acceptors (Lipinski definition) is 1. The molecule has 0 aromatic heterocycles. The Balaban J connectivity index is 1.90. The van der Waals surface area contributed by atoms with E-state index in [0.717, 1.165) is 31.4 Å². The van der Waals surface area contributed by atoms with E-state index in [2.05, 4.69) is 0 Å². The van der Waals surface area contributed by atoms with Crippen LogP contribution in [0.1, 0.15) is 36.8 Å². The molecule has 3 unspecified atom stereocenters. The molecule has 0 saturated heterocycles.